The van der Waals surface area contributed by atoms with E-state index in [0.717, 1.165) is 17.5 Å². The number of anilines is 1. The minimum atomic E-state index is -0.224. The van der Waals surface area contributed by atoms with E-state index in [1.165, 1.54) is 17.3 Å². The third kappa shape index (κ3) is 3.73. The summed E-state index contributed by atoms with van der Waals surface area (Å²) in [6.07, 6.45) is 3.91. The number of nitrogens with one attached hydrogen (secondary N) is 1. The minimum absolute atomic E-state index is 0.100. The van der Waals surface area contributed by atoms with Gasteiger partial charge in [0.2, 0.25) is 5.91 Å². The predicted octanol–water partition coefficient (Wildman–Crippen LogP) is 3.48. The molecular weight excluding hydrogens is 404 g/mol. The quantitative estimate of drug-likeness (QED) is 0.492. The number of nitrogens with zero attached hydrogens (tertiary/aromatic N) is 5. The van der Waals surface area contributed by atoms with Gasteiger partial charge in [0.25, 0.3) is 0 Å². The van der Waals surface area contributed by atoms with Gasteiger partial charge in [-0.1, -0.05) is 36.7 Å². The lowest BCUT2D eigenvalue weighted by Crippen LogP contribution is -2.26. The van der Waals surface area contributed by atoms with Gasteiger partial charge in [-0.2, -0.15) is 5.10 Å². The van der Waals surface area contributed by atoms with Gasteiger partial charge in [-0.3, -0.25) is 13.9 Å². The van der Waals surface area contributed by atoms with Crippen LogP contribution in [-0.4, -0.2) is 29.8 Å². The van der Waals surface area contributed by atoms with Crippen LogP contribution in [0.5, 0.6) is 0 Å². The summed E-state index contributed by atoms with van der Waals surface area (Å²) >= 11 is 6.31. The van der Waals surface area contributed by atoms with Crippen LogP contribution >= 0.6 is 11.6 Å². The first kappa shape index (κ1) is 19.9. The number of aryl methyl sites for hydroxylation is 2. The van der Waals surface area contributed by atoms with Crippen LogP contribution < -0.4 is 11.0 Å². The summed E-state index contributed by atoms with van der Waals surface area (Å²) in [5.74, 6) is -0.224. The highest BCUT2D eigenvalue weighted by atomic mass is 35.5. The van der Waals surface area contributed by atoms with E-state index in [4.69, 9.17) is 11.6 Å². The van der Waals surface area contributed by atoms with Crippen molar-refractivity contribution in [1.82, 2.24) is 23.9 Å². The maximum absolute atomic E-state index is 12.9. The molecule has 2 aromatic carbocycles. The summed E-state index contributed by atoms with van der Waals surface area (Å²) in [7, 11) is 0. The summed E-state index contributed by atoms with van der Waals surface area (Å²) in [5.41, 5.74) is 2.68. The number of aromatic nitrogens is 5. The monoisotopic (exact) mass is 424 g/mol. The molecule has 1 amide bonds. The lowest BCUT2D eigenvalue weighted by molar-refractivity contribution is -0.116. The molecule has 154 valence electrons. The molecule has 30 heavy (non-hydrogen) atoms. The molecule has 0 atom stereocenters. The van der Waals surface area contributed by atoms with Crippen molar-refractivity contribution in [2.45, 2.75) is 32.9 Å². The second-order valence-electron chi connectivity index (χ2n) is 6.85. The van der Waals surface area contributed by atoms with E-state index >= 15 is 0 Å². The Hall–Kier alpha value is -3.39. The Labute approximate surface area is 177 Å². The Morgan fingerprint density at radius 3 is 2.47 bits per heavy atom. The number of rotatable bonds is 7. The standard InChI is InChI=1S/C21H21ClN6O2/c1-2-11-26-17-8-3-4-9-18(17)27(21(26)30)12-10-19(29)25-16-7-5-6-15(22)20(16)28-14-23-13-24-28/h3-9,13-14H,2,10-12H2,1H3,(H,25,29). The van der Waals surface area contributed by atoms with Crippen LogP contribution in [0.4, 0.5) is 5.69 Å². The van der Waals surface area contributed by atoms with E-state index in [-0.39, 0.29) is 24.6 Å². The molecule has 8 nitrogen and oxygen atoms in total. The van der Waals surface area contributed by atoms with Gasteiger partial charge in [-0.25, -0.2) is 14.5 Å². The zero-order chi connectivity index (χ0) is 21.1. The summed E-state index contributed by atoms with van der Waals surface area (Å²) < 4.78 is 4.91. The Balaban J connectivity index is 1.56. The number of imidazole rings is 1. The average molecular weight is 425 g/mol. The van der Waals surface area contributed by atoms with E-state index in [9.17, 15) is 9.59 Å². The number of carbonyl (C=O) groups is 1. The SMILES string of the molecule is CCCn1c(=O)n(CCC(=O)Nc2cccc(Cl)c2-n2cncn2)c2ccccc21. The summed E-state index contributed by atoms with van der Waals surface area (Å²) in [4.78, 5) is 29.5. The van der Waals surface area contributed by atoms with Crippen LogP contribution in [0.15, 0.2) is 59.9 Å². The second-order valence-corrected chi connectivity index (χ2v) is 7.26. The largest absolute Gasteiger partial charge is 0.329 e. The lowest BCUT2D eigenvalue weighted by atomic mass is 10.2. The molecule has 0 bridgehead atoms. The molecule has 0 aliphatic heterocycles. The van der Waals surface area contributed by atoms with Crippen LogP contribution in [0.3, 0.4) is 0 Å². The van der Waals surface area contributed by atoms with Gasteiger partial charge < -0.3 is 5.32 Å². The Morgan fingerprint density at radius 2 is 1.80 bits per heavy atom. The van der Waals surface area contributed by atoms with Crippen LogP contribution in [0.2, 0.25) is 5.02 Å². The molecule has 0 saturated heterocycles. The summed E-state index contributed by atoms with van der Waals surface area (Å²) in [6, 6.07) is 12.9. The Kier molecular flexibility index (Phi) is 5.67. The summed E-state index contributed by atoms with van der Waals surface area (Å²) in [5, 5.41) is 7.41. The Morgan fingerprint density at radius 1 is 1.07 bits per heavy atom. The molecule has 2 heterocycles. The fourth-order valence-corrected chi connectivity index (χ4v) is 3.79. The number of amides is 1. The number of carbonyl (C=O) groups excluding carboxylic acids is 1. The Bertz CT molecular complexity index is 1240. The van der Waals surface area contributed by atoms with Crippen molar-refractivity contribution >= 4 is 34.2 Å². The van der Waals surface area contributed by atoms with Crippen LogP contribution in [-0.2, 0) is 17.9 Å². The average Bonchev–Trinajstić information content (AvgIpc) is 3.35. The van der Waals surface area contributed by atoms with Crippen molar-refractivity contribution in [3.63, 3.8) is 0 Å². The smallest absolute Gasteiger partial charge is 0.324 e. The van der Waals surface area contributed by atoms with Crippen molar-refractivity contribution in [3.05, 3.63) is 70.6 Å². The number of fused-ring (bicyclic) bond motifs is 1. The van der Waals surface area contributed by atoms with Crippen molar-refractivity contribution in [3.8, 4) is 5.69 Å². The predicted molar refractivity (Wildman–Crippen MR) is 116 cm³/mol. The van der Waals surface area contributed by atoms with E-state index in [1.807, 2.05) is 31.2 Å². The highest BCUT2D eigenvalue weighted by Gasteiger charge is 2.15. The molecule has 0 fully saturated rings. The molecule has 2 aromatic heterocycles. The molecule has 0 radical (unpaired) electrons. The first-order chi connectivity index (χ1) is 14.6. The van der Waals surface area contributed by atoms with Crippen molar-refractivity contribution < 1.29 is 4.79 Å². The molecule has 1 N–H and O–H groups in total. The first-order valence-electron chi connectivity index (χ1n) is 9.71. The van der Waals surface area contributed by atoms with Gasteiger partial charge in [-0.05, 0) is 30.7 Å². The molecule has 4 aromatic rings. The molecule has 0 aliphatic carbocycles. The van der Waals surface area contributed by atoms with E-state index < -0.39 is 0 Å². The van der Waals surface area contributed by atoms with Gasteiger partial charge in [0.15, 0.2) is 0 Å². The maximum Gasteiger partial charge on any atom is 0.329 e. The highest BCUT2D eigenvalue weighted by molar-refractivity contribution is 6.33. The fourth-order valence-electron chi connectivity index (χ4n) is 3.53. The van der Waals surface area contributed by atoms with E-state index in [0.29, 0.717) is 22.9 Å². The highest BCUT2D eigenvalue weighted by Crippen LogP contribution is 2.27. The van der Waals surface area contributed by atoms with Crippen LogP contribution in [0.25, 0.3) is 16.7 Å². The third-order valence-corrected chi connectivity index (χ3v) is 5.15. The molecule has 4 rings (SSSR count). The van der Waals surface area contributed by atoms with Crippen molar-refractivity contribution in [2.75, 3.05) is 5.32 Å². The summed E-state index contributed by atoms with van der Waals surface area (Å²) in [6.45, 7) is 2.95. The maximum atomic E-state index is 12.9. The lowest BCUT2D eigenvalue weighted by Gasteiger charge is -2.12. The number of para-hydroxylation sites is 3. The number of hydrogen-bond acceptors (Lipinski definition) is 4. The van der Waals surface area contributed by atoms with Gasteiger partial charge in [-0.15, -0.1) is 0 Å². The van der Waals surface area contributed by atoms with Gasteiger partial charge >= 0.3 is 5.69 Å². The number of benzene rings is 2. The molecule has 0 aliphatic rings. The topological polar surface area (TPSA) is 86.7 Å². The minimum Gasteiger partial charge on any atom is -0.324 e. The number of hydrogen-bond donors (Lipinski definition) is 1. The van der Waals surface area contributed by atoms with Crippen molar-refractivity contribution in [2.24, 2.45) is 0 Å². The number of halogens is 1. The van der Waals surface area contributed by atoms with Gasteiger partial charge in [0.05, 0.1) is 21.7 Å². The van der Waals surface area contributed by atoms with Gasteiger partial charge in [0.1, 0.15) is 18.3 Å². The molecule has 0 spiro atoms. The zero-order valence-corrected chi connectivity index (χ0v) is 17.2. The normalized spacial score (nSPS) is 11.1. The van der Waals surface area contributed by atoms with Crippen LogP contribution in [0, 0.1) is 0 Å². The first-order valence-corrected chi connectivity index (χ1v) is 10.1. The third-order valence-electron chi connectivity index (χ3n) is 4.84. The molecule has 0 saturated carbocycles. The zero-order valence-electron chi connectivity index (χ0n) is 16.5. The van der Waals surface area contributed by atoms with E-state index in [1.54, 1.807) is 27.3 Å². The second kappa shape index (κ2) is 8.54. The molecule has 9 heteroatoms. The van der Waals surface area contributed by atoms with E-state index in [2.05, 4.69) is 15.4 Å². The molecular formula is C21H21ClN6O2. The molecule has 0 unspecified atom stereocenters. The fraction of sp³-hybridized carbons (Fsp3) is 0.238. The van der Waals surface area contributed by atoms with Gasteiger partial charge in [0, 0.05) is 19.5 Å². The van der Waals surface area contributed by atoms with Crippen LogP contribution in [0.1, 0.15) is 19.8 Å². The van der Waals surface area contributed by atoms with Crippen molar-refractivity contribution in [1.29, 1.82) is 0 Å².